The van der Waals surface area contributed by atoms with Crippen LogP contribution in [0.15, 0.2) is 47.4 Å². The van der Waals surface area contributed by atoms with E-state index in [1.165, 1.54) is 25.2 Å². The van der Waals surface area contributed by atoms with E-state index in [0.717, 1.165) is 9.21 Å². The van der Waals surface area contributed by atoms with E-state index in [4.69, 9.17) is 9.47 Å². The number of amides is 3. The zero-order valence-corrected chi connectivity index (χ0v) is 19.3. The fourth-order valence-corrected chi connectivity index (χ4v) is 4.41. The molecule has 1 aliphatic rings. The molecule has 1 aliphatic heterocycles. The quantitative estimate of drug-likeness (QED) is 0.579. The Hall–Kier alpha value is -3.60. The van der Waals surface area contributed by atoms with Crippen molar-refractivity contribution in [2.24, 2.45) is 0 Å². The number of sulfonamides is 1. The minimum absolute atomic E-state index is 0.00911. The van der Waals surface area contributed by atoms with Gasteiger partial charge < -0.3 is 14.8 Å². The Bertz CT molecular complexity index is 1160. The third-order valence-electron chi connectivity index (χ3n) is 5.08. The van der Waals surface area contributed by atoms with Crippen molar-refractivity contribution in [2.45, 2.75) is 18.7 Å². The standard InChI is InChI=1S/C22H25N3O7S/c1-4-31-17-8-6-16(7-9-17)24(3)33(29,30)18-10-5-15(2)19(13-18)21(27)32-14-20(26)25-12-11-23-22(25)28/h5-10,13H,4,11-12,14H2,1-3H3,(H,23,28). The molecule has 0 saturated carbocycles. The molecule has 0 aliphatic carbocycles. The van der Waals surface area contributed by atoms with Crippen molar-refractivity contribution in [1.82, 2.24) is 10.2 Å². The number of hydrogen-bond donors (Lipinski definition) is 1. The molecule has 0 radical (unpaired) electrons. The van der Waals surface area contributed by atoms with E-state index in [-0.39, 0.29) is 17.0 Å². The van der Waals surface area contributed by atoms with E-state index in [9.17, 15) is 22.8 Å². The molecular formula is C22H25N3O7S. The largest absolute Gasteiger partial charge is 0.494 e. The van der Waals surface area contributed by atoms with Gasteiger partial charge in [0.1, 0.15) is 5.75 Å². The summed E-state index contributed by atoms with van der Waals surface area (Å²) in [6, 6.07) is 10.1. The van der Waals surface area contributed by atoms with Crippen LogP contribution < -0.4 is 14.4 Å². The molecule has 2 aromatic carbocycles. The first-order valence-corrected chi connectivity index (χ1v) is 11.7. The lowest BCUT2D eigenvalue weighted by molar-refractivity contribution is -0.130. The van der Waals surface area contributed by atoms with Gasteiger partial charge in [-0.25, -0.2) is 18.0 Å². The molecule has 1 fully saturated rings. The number of carbonyl (C=O) groups excluding carboxylic acids is 3. The number of hydrogen-bond acceptors (Lipinski definition) is 7. The first-order valence-electron chi connectivity index (χ1n) is 10.2. The second-order valence-electron chi connectivity index (χ2n) is 7.23. The lowest BCUT2D eigenvalue weighted by Crippen LogP contribution is -2.37. The van der Waals surface area contributed by atoms with Crippen molar-refractivity contribution in [1.29, 1.82) is 0 Å². The average molecular weight is 476 g/mol. The van der Waals surface area contributed by atoms with Gasteiger partial charge in [0.05, 0.1) is 22.8 Å². The van der Waals surface area contributed by atoms with Crippen LogP contribution in [-0.2, 0) is 19.6 Å². The van der Waals surface area contributed by atoms with Gasteiger partial charge in [0.25, 0.3) is 15.9 Å². The molecule has 0 atom stereocenters. The minimum atomic E-state index is -3.98. The lowest BCUT2D eigenvalue weighted by Gasteiger charge is -2.20. The molecular weight excluding hydrogens is 450 g/mol. The van der Waals surface area contributed by atoms with Crippen molar-refractivity contribution < 1.29 is 32.3 Å². The van der Waals surface area contributed by atoms with Crippen molar-refractivity contribution in [3.63, 3.8) is 0 Å². The summed E-state index contributed by atoms with van der Waals surface area (Å²) >= 11 is 0. The first-order chi connectivity index (χ1) is 15.6. The molecule has 11 heteroatoms. The Kier molecular flexibility index (Phi) is 7.22. The molecule has 176 valence electrons. The number of urea groups is 1. The molecule has 1 N–H and O–H groups in total. The molecule has 2 aromatic rings. The highest BCUT2D eigenvalue weighted by molar-refractivity contribution is 7.92. The fraction of sp³-hybridized carbons (Fsp3) is 0.318. The van der Waals surface area contributed by atoms with Crippen LogP contribution in [0.2, 0.25) is 0 Å². The molecule has 0 spiro atoms. The van der Waals surface area contributed by atoms with Crippen molar-refractivity contribution >= 4 is 33.6 Å². The Morgan fingerprint density at radius 2 is 1.85 bits per heavy atom. The highest BCUT2D eigenvalue weighted by atomic mass is 32.2. The summed E-state index contributed by atoms with van der Waals surface area (Å²) in [7, 11) is -2.58. The number of ether oxygens (including phenoxy) is 2. The van der Waals surface area contributed by atoms with Crippen LogP contribution in [0.3, 0.4) is 0 Å². The zero-order chi connectivity index (χ0) is 24.2. The van der Waals surface area contributed by atoms with Gasteiger partial charge >= 0.3 is 12.0 Å². The molecule has 0 bridgehead atoms. The van der Waals surface area contributed by atoms with Crippen LogP contribution in [-0.4, -0.2) is 64.6 Å². The second-order valence-corrected chi connectivity index (χ2v) is 9.20. The number of rotatable bonds is 8. The number of imide groups is 1. The van der Waals surface area contributed by atoms with Gasteiger partial charge in [-0.05, 0) is 55.8 Å². The maximum Gasteiger partial charge on any atom is 0.338 e. The molecule has 33 heavy (non-hydrogen) atoms. The van der Waals surface area contributed by atoms with Gasteiger partial charge in [-0.1, -0.05) is 6.07 Å². The average Bonchev–Trinajstić information content (AvgIpc) is 3.23. The number of esters is 1. The first kappa shape index (κ1) is 24.1. The van der Waals surface area contributed by atoms with Gasteiger partial charge in [-0.2, -0.15) is 0 Å². The van der Waals surface area contributed by atoms with Crippen molar-refractivity contribution in [3.05, 3.63) is 53.6 Å². The Balaban J connectivity index is 1.76. The summed E-state index contributed by atoms with van der Waals surface area (Å²) in [6.45, 7) is 3.86. The number of nitrogens with one attached hydrogen (secondary N) is 1. The molecule has 1 saturated heterocycles. The van der Waals surface area contributed by atoms with Gasteiger partial charge in [0.2, 0.25) is 0 Å². The number of anilines is 1. The Morgan fingerprint density at radius 3 is 2.45 bits per heavy atom. The molecule has 1 heterocycles. The maximum atomic E-state index is 13.1. The van der Waals surface area contributed by atoms with Crippen LogP contribution in [0.5, 0.6) is 5.75 Å². The lowest BCUT2D eigenvalue weighted by atomic mass is 10.1. The van der Waals surface area contributed by atoms with Gasteiger partial charge in [0, 0.05) is 20.1 Å². The SMILES string of the molecule is CCOc1ccc(N(C)S(=O)(=O)c2ccc(C)c(C(=O)OCC(=O)N3CCNC3=O)c2)cc1. The third-order valence-corrected chi connectivity index (χ3v) is 6.86. The third kappa shape index (κ3) is 5.25. The predicted molar refractivity (Wildman–Crippen MR) is 120 cm³/mol. The molecule has 3 rings (SSSR count). The predicted octanol–water partition coefficient (Wildman–Crippen LogP) is 1.93. The summed E-state index contributed by atoms with van der Waals surface area (Å²) in [5.74, 6) is -0.899. The summed E-state index contributed by atoms with van der Waals surface area (Å²) in [6.07, 6.45) is 0. The summed E-state index contributed by atoms with van der Waals surface area (Å²) in [5, 5.41) is 2.48. The fourth-order valence-electron chi connectivity index (χ4n) is 3.19. The van der Waals surface area contributed by atoms with E-state index >= 15 is 0 Å². The highest BCUT2D eigenvalue weighted by Gasteiger charge is 2.28. The van der Waals surface area contributed by atoms with Crippen molar-refractivity contribution in [2.75, 3.05) is 37.7 Å². The number of aryl methyl sites for hydroxylation is 1. The van der Waals surface area contributed by atoms with E-state index in [2.05, 4.69) is 5.32 Å². The van der Waals surface area contributed by atoms with E-state index in [1.807, 2.05) is 6.92 Å². The summed E-state index contributed by atoms with van der Waals surface area (Å²) < 4.78 is 37.8. The monoisotopic (exact) mass is 475 g/mol. The number of carbonyl (C=O) groups is 3. The van der Waals surface area contributed by atoms with Gasteiger partial charge in [-0.15, -0.1) is 0 Å². The van der Waals surface area contributed by atoms with E-state index in [0.29, 0.717) is 30.2 Å². The Morgan fingerprint density at radius 1 is 1.15 bits per heavy atom. The summed E-state index contributed by atoms with van der Waals surface area (Å²) in [5.41, 5.74) is 0.904. The molecule has 0 unspecified atom stereocenters. The molecule has 0 aromatic heterocycles. The summed E-state index contributed by atoms with van der Waals surface area (Å²) in [4.78, 5) is 37.0. The Labute approximate surface area is 192 Å². The van der Waals surface area contributed by atoms with E-state index < -0.39 is 34.5 Å². The van der Waals surface area contributed by atoms with E-state index in [1.54, 1.807) is 31.2 Å². The zero-order valence-electron chi connectivity index (χ0n) is 18.5. The van der Waals surface area contributed by atoms with Crippen molar-refractivity contribution in [3.8, 4) is 5.75 Å². The van der Waals surface area contributed by atoms with Crippen LogP contribution in [0, 0.1) is 6.92 Å². The smallest absolute Gasteiger partial charge is 0.338 e. The topological polar surface area (TPSA) is 122 Å². The van der Waals surface area contributed by atoms with Gasteiger partial charge in [-0.3, -0.25) is 14.0 Å². The maximum absolute atomic E-state index is 13.1. The number of nitrogens with zero attached hydrogens (tertiary/aromatic N) is 2. The van der Waals surface area contributed by atoms with Crippen LogP contribution >= 0.6 is 0 Å². The van der Waals surface area contributed by atoms with Crippen LogP contribution in [0.25, 0.3) is 0 Å². The van der Waals surface area contributed by atoms with Gasteiger partial charge in [0.15, 0.2) is 6.61 Å². The normalized spacial score (nSPS) is 13.4. The number of benzene rings is 2. The molecule has 3 amide bonds. The highest BCUT2D eigenvalue weighted by Crippen LogP contribution is 2.26. The minimum Gasteiger partial charge on any atom is -0.494 e. The second kappa shape index (κ2) is 9.90. The molecule has 10 nitrogen and oxygen atoms in total. The van der Waals surface area contributed by atoms with Crippen LogP contribution in [0.1, 0.15) is 22.8 Å². The van der Waals surface area contributed by atoms with Crippen LogP contribution in [0.4, 0.5) is 10.5 Å².